The minimum Gasteiger partial charge on any atom is -0.449 e. The van der Waals surface area contributed by atoms with Crippen molar-refractivity contribution < 1.29 is 4.12 Å². The number of fused-ring (bicyclic) bond motifs is 20. The molecule has 4 aliphatic rings. The highest BCUT2D eigenvalue weighted by Crippen LogP contribution is 2.64. The van der Waals surface area contributed by atoms with Crippen LogP contribution < -0.4 is 10.4 Å². The highest BCUT2D eigenvalue weighted by atomic mass is 28.4. The van der Waals surface area contributed by atoms with E-state index in [1.54, 1.807) is 0 Å². The number of benzene rings is 8. The monoisotopic (exact) mass is 762 g/mol. The van der Waals surface area contributed by atoms with Crippen LogP contribution in [0.5, 0.6) is 0 Å². The van der Waals surface area contributed by atoms with E-state index < -0.39 is 16.6 Å². The summed E-state index contributed by atoms with van der Waals surface area (Å²) < 4.78 is 7.73. The van der Waals surface area contributed by atoms with Crippen molar-refractivity contribution in [1.29, 1.82) is 0 Å². The summed E-state index contributed by atoms with van der Waals surface area (Å²) in [7, 11) is -4.95. The fraction of sp³-hybridized carbons (Fsp3) is 0.111. The van der Waals surface area contributed by atoms with E-state index in [0.717, 1.165) is 0 Å². The molecular weight excluding hydrogens is 721 g/mol. The van der Waals surface area contributed by atoms with Gasteiger partial charge >= 0.3 is 0 Å². The first-order chi connectivity index (χ1) is 27.8. The summed E-state index contributed by atoms with van der Waals surface area (Å²) in [6, 6.07) is 69.2. The lowest BCUT2D eigenvalue weighted by atomic mass is 9.70. The van der Waals surface area contributed by atoms with Crippen molar-refractivity contribution in [2.75, 3.05) is 0 Å². The van der Waals surface area contributed by atoms with Gasteiger partial charge in [0.2, 0.25) is 16.6 Å². The van der Waals surface area contributed by atoms with E-state index in [0.29, 0.717) is 0 Å². The third-order valence-electron chi connectivity index (χ3n) is 13.9. The largest absolute Gasteiger partial charge is 0.449 e. The second-order valence-electron chi connectivity index (χ2n) is 17.4. The van der Waals surface area contributed by atoms with E-state index in [2.05, 4.69) is 208 Å². The molecule has 0 amide bonds. The van der Waals surface area contributed by atoms with E-state index in [1.807, 2.05) is 0 Å². The summed E-state index contributed by atoms with van der Waals surface area (Å²) in [5, 5.41) is 2.69. The average molecular weight is 763 g/mol. The van der Waals surface area contributed by atoms with Gasteiger partial charge < -0.3 is 4.12 Å². The van der Waals surface area contributed by atoms with E-state index in [4.69, 9.17) is 4.12 Å². The van der Waals surface area contributed by atoms with Crippen molar-refractivity contribution in [2.24, 2.45) is 0 Å². The smallest absolute Gasteiger partial charge is 0.206 e. The van der Waals surface area contributed by atoms with Crippen LogP contribution in [-0.4, -0.2) is 16.6 Å². The van der Waals surface area contributed by atoms with Gasteiger partial charge in [-0.1, -0.05) is 182 Å². The lowest BCUT2D eigenvalue weighted by molar-refractivity contribution is 0.573. The minimum absolute atomic E-state index is 0.357. The van der Waals surface area contributed by atoms with Gasteiger partial charge in [-0.25, -0.2) is 0 Å². The fourth-order valence-electron chi connectivity index (χ4n) is 11.7. The zero-order valence-electron chi connectivity index (χ0n) is 32.7. The van der Waals surface area contributed by atoms with Crippen molar-refractivity contribution in [3.63, 3.8) is 0 Å². The molecule has 8 aromatic rings. The zero-order valence-corrected chi connectivity index (χ0v) is 34.7. The molecule has 2 spiro atoms. The Morgan fingerprint density at radius 1 is 0.281 bits per heavy atom. The Bertz CT molecular complexity index is 2690. The molecule has 12 rings (SSSR count). The van der Waals surface area contributed by atoms with Crippen LogP contribution in [0.4, 0.5) is 0 Å². The summed E-state index contributed by atoms with van der Waals surface area (Å²) in [6.07, 6.45) is 0. The van der Waals surface area contributed by atoms with Gasteiger partial charge in [0.25, 0.3) is 0 Å². The van der Waals surface area contributed by atoms with Crippen LogP contribution in [0.3, 0.4) is 0 Å². The Morgan fingerprint density at radius 3 is 0.772 bits per heavy atom. The highest BCUT2D eigenvalue weighted by Gasteiger charge is 2.54. The number of rotatable bonds is 4. The molecule has 0 bridgehead atoms. The first kappa shape index (κ1) is 33.3. The van der Waals surface area contributed by atoms with Gasteiger partial charge in [0.15, 0.2) is 0 Å². The normalized spacial score (nSPS) is 15.4. The molecule has 1 nitrogen and oxygen atoms in total. The van der Waals surface area contributed by atoms with Crippen LogP contribution in [0, 0.1) is 0 Å². The maximum Gasteiger partial charge on any atom is 0.206 e. The summed E-state index contributed by atoms with van der Waals surface area (Å²) >= 11 is 0. The van der Waals surface area contributed by atoms with Gasteiger partial charge in [-0.15, -0.1) is 0 Å². The van der Waals surface area contributed by atoms with Crippen LogP contribution in [0.1, 0.15) is 44.5 Å². The third kappa shape index (κ3) is 4.11. The summed E-state index contributed by atoms with van der Waals surface area (Å²) in [6.45, 7) is 9.68. The summed E-state index contributed by atoms with van der Waals surface area (Å²) in [5.41, 5.74) is 21.1. The Kier molecular flexibility index (Phi) is 6.65. The molecule has 57 heavy (non-hydrogen) atoms. The average Bonchev–Trinajstić information content (AvgIpc) is 3.92. The molecule has 0 radical (unpaired) electrons. The van der Waals surface area contributed by atoms with Crippen LogP contribution in [0.2, 0.25) is 26.2 Å². The Morgan fingerprint density at radius 2 is 0.509 bits per heavy atom. The first-order valence-corrected chi connectivity index (χ1v) is 26.2. The van der Waals surface area contributed by atoms with Gasteiger partial charge in [-0.3, -0.25) is 0 Å². The maximum atomic E-state index is 7.73. The SMILES string of the molecule is C[Si](C)(O[Si](C)(C)c1ccc2c(c1)C1(c3ccccc3-c3ccccc31)c1ccccc1-2)c1ccc2c(c1)C1(c3ccccc3-c3ccccc31)c1ccccc1-2. The second kappa shape index (κ2) is 11.4. The molecule has 0 heterocycles. The molecule has 8 aromatic carbocycles. The van der Waals surface area contributed by atoms with E-state index in [1.165, 1.54) is 99.4 Å². The van der Waals surface area contributed by atoms with Crippen molar-refractivity contribution in [3.05, 3.63) is 226 Å². The predicted molar refractivity (Wildman–Crippen MR) is 241 cm³/mol. The standard InChI is InChI=1S/C54H42OSi2/c1-56(2,35-29-31-43-41-21-9-15-27-49(41)53(51(43)33-35)45-23-11-5-17-37(45)38-18-6-12-24-46(38)53)55-57(3,4)36-30-32-44-42-22-10-16-28-50(42)54(52(44)34-36)47-25-13-7-19-39(47)40-20-8-14-26-48(40)54/h5-34H,1-4H3. The Balaban J connectivity index is 0.994. The lowest BCUT2D eigenvalue weighted by Gasteiger charge is -2.37. The van der Waals surface area contributed by atoms with Crippen molar-refractivity contribution in [2.45, 2.75) is 37.0 Å². The minimum atomic E-state index is -2.48. The molecule has 0 N–H and O–H groups in total. The quantitative estimate of drug-likeness (QED) is 0.162. The molecule has 3 heteroatoms. The van der Waals surface area contributed by atoms with Crippen LogP contribution in [0.25, 0.3) is 44.5 Å². The summed E-state index contributed by atoms with van der Waals surface area (Å²) in [4.78, 5) is 0. The van der Waals surface area contributed by atoms with Gasteiger partial charge in [0, 0.05) is 0 Å². The molecule has 0 unspecified atom stereocenters. The lowest BCUT2D eigenvalue weighted by Crippen LogP contribution is -2.58. The van der Waals surface area contributed by atoms with Crippen LogP contribution in [0.15, 0.2) is 182 Å². The van der Waals surface area contributed by atoms with Crippen LogP contribution >= 0.6 is 0 Å². The molecule has 0 aliphatic heterocycles. The second-order valence-corrected chi connectivity index (χ2v) is 25.4. The third-order valence-corrected chi connectivity index (χ3v) is 21.4. The van der Waals surface area contributed by atoms with Gasteiger partial charge in [0.05, 0.1) is 10.8 Å². The molecule has 0 fully saturated rings. The molecular formula is C54H42OSi2. The van der Waals surface area contributed by atoms with Gasteiger partial charge in [-0.2, -0.15) is 0 Å². The van der Waals surface area contributed by atoms with Gasteiger partial charge in [0.1, 0.15) is 0 Å². The molecule has 0 atom stereocenters. The van der Waals surface area contributed by atoms with E-state index >= 15 is 0 Å². The van der Waals surface area contributed by atoms with Crippen molar-refractivity contribution >= 4 is 27.0 Å². The molecule has 272 valence electrons. The highest BCUT2D eigenvalue weighted by molar-refractivity contribution is 6.97. The van der Waals surface area contributed by atoms with E-state index in [-0.39, 0.29) is 10.8 Å². The first-order valence-electron chi connectivity index (χ1n) is 20.3. The van der Waals surface area contributed by atoms with Crippen molar-refractivity contribution in [1.82, 2.24) is 0 Å². The Labute approximate surface area is 337 Å². The molecule has 4 aliphatic carbocycles. The topological polar surface area (TPSA) is 9.23 Å². The fourth-order valence-corrected chi connectivity index (χ4v) is 19.7. The molecule has 0 aromatic heterocycles. The van der Waals surface area contributed by atoms with Crippen molar-refractivity contribution in [3.8, 4) is 44.5 Å². The van der Waals surface area contributed by atoms with E-state index in [9.17, 15) is 0 Å². The molecule has 0 saturated heterocycles. The summed E-state index contributed by atoms with van der Waals surface area (Å²) in [5.74, 6) is 0. The zero-order chi connectivity index (χ0) is 38.3. The van der Waals surface area contributed by atoms with Crippen LogP contribution in [-0.2, 0) is 14.9 Å². The molecule has 0 saturated carbocycles. The number of hydrogen-bond acceptors (Lipinski definition) is 1. The maximum absolute atomic E-state index is 7.73. The Hall–Kier alpha value is -5.85. The number of hydrogen-bond donors (Lipinski definition) is 0. The van der Waals surface area contributed by atoms with Gasteiger partial charge in [-0.05, 0) is 126 Å². The predicted octanol–water partition coefficient (Wildman–Crippen LogP) is 11.9.